The Morgan fingerprint density at radius 2 is 1.57 bits per heavy atom. The van der Waals surface area contributed by atoms with Crippen LogP contribution in [0.25, 0.3) is 0 Å². The minimum atomic E-state index is -0.832. The van der Waals surface area contributed by atoms with Gasteiger partial charge in [-0.15, -0.1) is 11.6 Å². The molecular formula is C17H15ClO3. The molecule has 3 nitrogen and oxygen atoms in total. The fourth-order valence-electron chi connectivity index (χ4n) is 1.99. The number of esters is 1. The second kappa shape index (κ2) is 7.04. The molecule has 0 spiro atoms. The predicted octanol–water partition coefficient (Wildman–Crippen LogP) is 4.03. The van der Waals surface area contributed by atoms with Crippen LogP contribution >= 0.6 is 11.6 Å². The van der Waals surface area contributed by atoms with Crippen LogP contribution in [-0.2, 0) is 4.74 Å². The molecule has 21 heavy (non-hydrogen) atoms. The Hall–Kier alpha value is -2.13. The van der Waals surface area contributed by atoms with E-state index in [-0.39, 0.29) is 23.5 Å². The standard InChI is InChI=1S/C17H15ClO3/c1-2-21-17(20)14-11-7-6-10-13(14)16(19)15(18)12-8-4-3-5-9-12/h3-11,15H,2H2,1H3. The van der Waals surface area contributed by atoms with E-state index in [2.05, 4.69) is 0 Å². The van der Waals surface area contributed by atoms with Crippen LogP contribution in [0.3, 0.4) is 0 Å². The van der Waals surface area contributed by atoms with Gasteiger partial charge in [-0.1, -0.05) is 48.5 Å². The lowest BCUT2D eigenvalue weighted by molar-refractivity contribution is 0.0523. The van der Waals surface area contributed by atoms with Crippen molar-refractivity contribution >= 4 is 23.4 Å². The van der Waals surface area contributed by atoms with Crippen molar-refractivity contribution < 1.29 is 14.3 Å². The van der Waals surface area contributed by atoms with Crippen molar-refractivity contribution in [2.45, 2.75) is 12.3 Å². The first kappa shape index (κ1) is 15.3. The maximum Gasteiger partial charge on any atom is 0.338 e. The van der Waals surface area contributed by atoms with Crippen LogP contribution < -0.4 is 0 Å². The van der Waals surface area contributed by atoms with Crippen LogP contribution in [0.15, 0.2) is 54.6 Å². The highest BCUT2D eigenvalue weighted by Gasteiger charge is 2.24. The SMILES string of the molecule is CCOC(=O)c1ccccc1C(=O)C(Cl)c1ccccc1. The average Bonchev–Trinajstić information content (AvgIpc) is 2.54. The second-order valence-electron chi connectivity index (χ2n) is 4.40. The minimum absolute atomic E-state index is 0.242. The third kappa shape index (κ3) is 3.50. The van der Waals surface area contributed by atoms with Gasteiger partial charge in [-0.25, -0.2) is 4.79 Å². The first-order valence-corrected chi connectivity index (χ1v) is 7.08. The van der Waals surface area contributed by atoms with E-state index in [9.17, 15) is 9.59 Å². The Morgan fingerprint density at radius 1 is 1.00 bits per heavy atom. The third-order valence-electron chi connectivity index (χ3n) is 3.01. The van der Waals surface area contributed by atoms with Crippen molar-refractivity contribution in [1.82, 2.24) is 0 Å². The zero-order valence-corrected chi connectivity index (χ0v) is 12.3. The van der Waals surface area contributed by atoms with Gasteiger partial charge in [-0.05, 0) is 18.6 Å². The first-order chi connectivity index (χ1) is 10.1. The fourth-order valence-corrected chi connectivity index (χ4v) is 2.26. The van der Waals surface area contributed by atoms with Crippen LogP contribution in [-0.4, -0.2) is 18.4 Å². The Labute approximate surface area is 128 Å². The van der Waals surface area contributed by atoms with Crippen molar-refractivity contribution in [2.75, 3.05) is 6.61 Å². The first-order valence-electron chi connectivity index (χ1n) is 6.64. The number of Topliss-reactive ketones (excluding diaryl/α,β-unsaturated/α-hetero) is 1. The number of alkyl halides is 1. The van der Waals surface area contributed by atoms with Gasteiger partial charge in [0, 0.05) is 5.56 Å². The molecule has 0 radical (unpaired) electrons. The molecule has 2 aromatic rings. The highest BCUT2D eigenvalue weighted by molar-refractivity contribution is 6.34. The molecule has 108 valence electrons. The van der Waals surface area contributed by atoms with Crippen LogP contribution in [0.1, 0.15) is 38.6 Å². The maximum absolute atomic E-state index is 12.5. The van der Waals surface area contributed by atoms with Gasteiger partial charge in [0.15, 0.2) is 5.78 Å². The molecule has 0 amide bonds. The third-order valence-corrected chi connectivity index (χ3v) is 3.46. The lowest BCUT2D eigenvalue weighted by Crippen LogP contribution is -2.15. The molecule has 0 bridgehead atoms. The van der Waals surface area contributed by atoms with Gasteiger partial charge < -0.3 is 4.74 Å². The zero-order valence-electron chi connectivity index (χ0n) is 11.6. The number of benzene rings is 2. The molecule has 0 aromatic heterocycles. The Bertz CT molecular complexity index is 637. The fraction of sp³-hybridized carbons (Fsp3) is 0.176. The molecule has 0 saturated heterocycles. The van der Waals surface area contributed by atoms with E-state index < -0.39 is 11.3 Å². The summed E-state index contributed by atoms with van der Waals surface area (Å²) in [5.74, 6) is -0.829. The normalized spacial score (nSPS) is 11.7. The van der Waals surface area contributed by atoms with Crippen LogP contribution in [0.4, 0.5) is 0 Å². The molecule has 0 heterocycles. The number of ether oxygens (including phenoxy) is 1. The summed E-state index contributed by atoms with van der Waals surface area (Å²) in [6, 6.07) is 15.6. The topological polar surface area (TPSA) is 43.4 Å². The van der Waals surface area contributed by atoms with Crippen molar-refractivity contribution in [1.29, 1.82) is 0 Å². The second-order valence-corrected chi connectivity index (χ2v) is 4.84. The van der Waals surface area contributed by atoms with Crippen LogP contribution in [0.5, 0.6) is 0 Å². The predicted molar refractivity (Wildman–Crippen MR) is 81.8 cm³/mol. The monoisotopic (exact) mass is 302 g/mol. The van der Waals surface area contributed by atoms with Crippen molar-refractivity contribution in [3.05, 3.63) is 71.3 Å². The summed E-state index contributed by atoms with van der Waals surface area (Å²) in [6.07, 6.45) is 0. The van der Waals surface area contributed by atoms with E-state index in [4.69, 9.17) is 16.3 Å². The van der Waals surface area contributed by atoms with E-state index in [1.165, 1.54) is 0 Å². The zero-order chi connectivity index (χ0) is 15.2. The minimum Gasteiger partial charge on any atom is -0.462 e. The lowest BCUT2D eigenvalue weighted by Gasteiger charge is -2.12. The van der Waals surface area contributed by atoms with Gasteiger partial charge in [-0.2, -0.15) is 0 Å². The summed E-state index contributed by atoms with van der Waals surface area (Å²) in [5, 5.41) is -0.832. The van der Waals surface area contributed by atoms with Gasteiger partial charge in [0.25, 0.3) is 0 Å². The van der Waals surface area contributed by atoms with E-state index in [0.29, 0.717) is 5.56 Å². The lowest BCUT2D eigenvalue weighted by atomic mass is 9.98. The summed E-state index contributed by atoms with van der Waals surface area (Å²) < 4.78 is 4.97. The summed E-state index contributed by atoms with van der Waals surface area (Å²) >= 11 is 6.24. The molecular weight excluding hydrogens is 288 g/mol. The molecule has 1 unspecified atom stereocenters. The highest BCUT2D eigenvalue weighted by Crippen LogP contribution is 2.26. The molecule has 0 aliphatic rings. The molecule has 2 rings (SSSR count). The van der Waals surface area contributed by atoms with E-state index in [0.717, 1.165) is 0 Å². The number of halogens is 1. The molecule has 0 fully saturated rings. The van der Waals surface area contributed by atoms with Gasteiger partial charge in [0.05, 0.1) is 12.2 Å². The smallest absolute Gasteiger partial charge is 0.338 e. The number of rotatable bonds is 5. The summed E-state index contributed by atoms with van der Waals surface area (Å²) in [6.45, 7) is 1.97. The number of hydrogen-bond acceptors (Lipinski definition) is 3. The van der Waals surface area contributed by atoms with E-state index in [1.54, 1.807) is 43.3 Å². The molecule has 0 aliphatic heterocycles. The number of carbonyl (C=O) groups is 2. The molecule has 4 heteroatoms. The van der Waals surface area contributed by atoms with Gasteiger partial charge >= 0.3 is 5.97 Å². The summed E-state index contributed by atoms with van der Waals surface area (Å²) in [5.41, 5.74) is 1.22. The molecule has 0 N–H and O–H groups in total. The van der Waals surface area contributed by atoms with Crippen molar-refractivity contribution in [3.8, 4) is 0 Å². The molecule has 2 aromatic carbocycles. The number of carbonyl (C=O) groups excluding carboxylic acids is 2. The van der Waals surface area contributed by atoms with E-state index >= 15 is 0 Å². The number of hydrogen-bond donors (Lipinski definition) is 0. The van der Waals surface area contributed by atoms with Crippen molar-refractivity contribution in [2.24, 2.45) is 0 Å². The molecule has 1 atom stereocenters. The molecule has 0 saturated carbocycles. The maximum atomic E-state index is 12.5. The Kier molecular flexibility index (Phi) is 5.12. The number of ketones is 1. The Balaban J connectivity index is 2.33. The quantitative estimate of drug-likeness (QED) is 0.476. The average molecular weight is 303 g/mol. The summed E-state index contributed by atoms with van der Waals surface area (Å²) in [7, 11) is 0. The Morgan fingerprint density at radius 3 is 2.19 bits per heavy atom. The largest absolute Gasteiger partial charge is 0.462 e. The highest BCUT2D eigenvalue weighted by atomic mass is 35.5. The van der Waals surface area contributed by atoms with Crippen molar-refractivity contribution in [3.63, 3.8) is 0 Å². The van der Waals surface area contributed by atoms with Gasteiger partial charge in [0.2, 0.25) is 0 Å². The van der Waals surface area contributed by atoms with Gasteiger partial charge in [0.1, 0.15) is 5.38 Å². The van der Waals surface area contributed by atoms with Crippen LogP contribution in [0, 0.1) is 0 Å². The van der Waals surface area contributed by atoms with E-state index in [1.807, 2.05) is 18.2 Å². The van der Waals surface area contributed by atoms with Gasteiger partial charge in [-0.3, -0.25) is 4.79 Å². The molecule has 0 aliphatic carbocycles. The van der Waals surface area contributed by atoms with Crippen LogP contribution in [0.2, 0.25) is 0 Å². The summed E-state index contributed by atoms with van der Waals surface area (Å²) in [4.78, 5) is 24.4.